The molecule has 5 heteroatoms. The van der Waals surface area contributed by atoms with Crippen molar-refractivity contribution in [1.29, 1.82) is 0 Å². The van der Waals surface area contributed by atoms with Crippen LogP contribution in [0.4, 0.5) is 5.69 Å². The van der Waals surface area contributed by atoms with Crippen LogP contribution in [0.15, 0.2) is 24.3 Å². The molecule has 0 atom stereocenters. The van der Waals surface area contributed by atoms with Gasteiger partial charge in [-0.05, 0) is 5.56 Å². The summed E-state index contributed by atoms with van der Waals surface area (Å²) in [6.45, 7) is 0.290. The van der Waals surface area contributed by atoms with Crippen LogP contribution >= 0.6 is 0 Å². The Balaban J connectivity index is 2.78. The third-order valence-electron chi connectivity index (χ3n) is 1.43. The fourth-order valence-electron chi connectivity index (χ4n) is 0.827. The molecule has 0 bridgehead atoms. The molecule has 1 aromatic rings. The SMILES string of the molecule is O=[N+]([O-])c1ccc(CNO)cc1. The molecular weight excluding hydrogens is 160 g/mol. The molecule has 0 aromatic heterocycles. The monoisotopic (exact) mass is 168 g/mol. The minimum absolute atomic E-state index is 0.0525. The topological polar surface area (TPSA) is 75.4 Å². The molecule has 0 fully saturated rings. The van der Waals surface area contributed by atoms with Gasteiger partial charge in [0.2, 0.25) is 0 Å². The molecule has 1 rings (SSSR count). The molecule has 5 nitrogen and oxygen atoms in total. The van der Waals surface area contributed by atoms with Gasteiger partial charge in [-0.2, -0.15) is 0 Å². The van der Waals surface area contributed by atoms with E-state index in [1.807, 2.05) is 5.48 Å². The van der Waals surface area contributed by atoms with E-state index >= 15 is 0 Å². The van der Waals surface area contributed by atoms with Crippen molar-refractivity contribution in [2.24, 2.45) is 0 Å². The van der Waals surface area contributed by atoms with Gasteiger partial charge < -0.3 is 5.21 Å². The van der Waals surface area contributed by atoms with Gasteiger partial charge in [0.25, 0.3) is 5.69 Å². The van der Waals surface area contributed by atoms with E-state index in [1.165, 1.54) is 12.1 Å². The first-order chi connectivity index (χ1) is 5.74. The Labute approximate surface area is 68.7 Å². The number of hydrogen-bond acceptors (Lipinski definition) is 4. The number of nitro groups is 1. The van der Waals surface area contributed by atoms with Gasteiger partial charge >= 0.3 is 0 Å². The normalized spacial score (nSPS) is 9.75. The molecule has 12 heavy (non-hydrogen) atoms. The summed E-state index contributed by atoms with van der Waals surface area (Å²) in [5.74, 6) is 0. The van der Waals surface area contributed by atoms with E-state index in [1.54, 1.807) is 12.1 Å². The molecule has 2 N–H and O–H groups in total. The van der Waals surface area contributed by atoms with Gasteiger partial charge in [-0.3, -0.25) is 10.1 Å². The van der Waals surface area contributed by atoms with Crippen molar-refractivity contribution in [3.63, 3.8) is 0 Å². The Morgan fingerprint density at radius 2 is 2.00 bits per heavy atom. The molecule has 0 saturated carbocycles. The van der Waals surface area contributed by atoms with E-state index < -0.39 is 4.92 Å². The third kappa shape index (κ3) is 2.01. The van der Waals surface area contributed by atoms with E-state index in [4.69, 9.17) is 5.21 Å². The Bertz CT molecular complexity index is 270. The van der Waals surface area contributed by atoms with Crippen LogP contribution in [-0.4, -0.2) is 10.1 Å². The van der Waals surface area contributed by atoms with Gasteiger partial charge in [-0.1, -0.05) is 12.1 Å². The highest BCUT2D eigenvalue weighted by Gasteiger charge is 2.02. The van der Waals surface area contributed by atoms with Crippen LogP contribution in [0.5, 0.6) is 0 Å². The van der Waals surface area contributed by atoms with Gasteiger partial charge in [0.15, 0.2) is 0 Å². The second-order valence-electron chi connectivity index (χ2n) is 2.26. The summed E-state index contributed by atoms with van der Waals surface area (Å²) in [6.07, 6.45) is 0. The van der Waals surface area contributed by atoms with Crippen molar-refractivity contribution < 1.29 is 10.1 Å². The summed E-state index contributed by atoms with van der Waals surface area (Å²) >= 11 is 0. The largest absolute Gasteiger partial charge is 0.316 e. The Morgan fingerprint density at radius 3 is 2.42 bits per heavy atom. The molecule has 0 spiro atoms. The fraction of sp³-hybridized carbons (Fsp3) is 0.143. The van der Waals surface area contributed by atoms with Crippen molar-refractivity contribution >= 4 is 5.69 Å². The zero-order chi connectivity index (χ0) is 8.97. The molecule has 0 aliphatic heterocycles. The molecule has 0 aliphatic carbocycles. The van der Waals surface area contributed by atoms with E-state index in [2.05, 4.69) is 0 Å². The lowest BCUT2D eigenvalue weighted by Crippen LogP contribution is -2.05. The zero-order valence-electron chi connectivity index (χ0n) is 6.23. The maximum absolute atomic E-state index is 10.2. The molecule has 0 unspecified atom stereocenters. The van der Waals surface area contributed by atoms with Crippen molar-refractivity contribution in [2.75, 3.05) is 0 Å². The van der Waals surface area contributed by atoms with Crippen molar-refractivity contribution in [2.45, 2.75) is 6.54 Å². The van der Waals surface area contributed by atoms with Crippen molar-refractivity contribution in [3.05, 3.63) is 39.9 Å². The molecule has 0 aliphatic rings. The summed E-state index contributed by atoms with van der Waals surface area (Å²) in [4.78, 5) is 9.75. The average Bonchev–Trinajstić information content (AvgIpc) is 2.06. The Morgan fingerprint density at radius 1 is 1.42 bits per heavy atom. The number of benzene rings is 1. The second-order valence-corrected chi connectivity index (χ2v) is 2.26. The van der Waals surface area contributed by atoms with E-state index in [0.717, 1.165) is 5.56 Å². The second kappa shape index (κ2) is 3.80. The van der Waals surface area contributed by atoms with Gasteiger partial charge in [-0.25, -0.2) is 5.48 Å². The lowest BCUT2D eigenvalue weighted by molar-refractivity contribution is -0.384. The summed E-state index contributed by atoms with van der Waals surface area (Å²) in [5, 5.41) is 18.5. The number of nitro benzene ring substituents is 1. The van der Waals surface area contributed by atoms with E-state index in [9.17, 15) is 10.1 Å². The van der Waals surface area contributed by atoms with Gasteiger partial charge in [0.1, 0.15) is 0 Å². The summed E-state index contributed by atoms with van der Waals surface area (Å²) in [5.41, 5.74) is 2.81. The highest BCUT2D eigenvalue weighted by molar-refractivity contribution is 5.32. The number of nitrogens with zero attached hydrogens (tertiary/aromatic N) is 1. The molecule has 1 aromatic carbocycles. The molecule has 0 radical (unpaired) electrons. The van der Waals surface area contributed by atoms with E-state index in [0.29, 0.717) is 0 Å². The lowest BCUT2D eigenvalue weighted by atomic mass is 10.2. The number of non-ortho nitro benzene ring substituents is 1. The number of hydrogen-bond donors (Lipinski definition) is 2. The number of rotatable bonds is 3. The van der Waals surface area contributed by atoms with Crippen LogP contribution in [0.3, 0.4) is 0 Å². The van der Waals surface area contributed by atoms with Crippen LogP contribution in [0, 0.1) is 10.1 Å². The Kier molecular flexibility index (Phi) is 2.73. The summed E-state index contributed by atoms with van der Waals surface area (Å²) in [7, 11) is 0. The maximum Gasteiger partial charge on any atom is 0.269 e. The number of hydroxylamine groups is 1. The average molecular weight is 168 g/mol. The quantitative estimate of drug-likeness (QED) is 0.523. The maximum atomic E-state index is 10.2. The molecule has 64 valence electrons. The minimum Gasteiger partial charge on any atom is -0.316 e. The fourth-order valence-corrected chi connectivity index (χ4v) is 0.827. The molecular formula is C7H8N2O3. The van der Waals surface area contributed by atoms with Crippen LogP contribution in [0.2, 0.25) is 0 Å². The highest BCUT2D eigenvalue weighted by Crippen LogP contribution is 2.11. The molecule has 0 amide bonds. The van der Waals surface area contributed by atoms with Crippen LogP contribution in [0.25, 0.3) is 0 Å². The first-order valence-corrected chi connectivity index (χ1v) is 3.34. The van der Waals surface area contributed by atoms with Crippen LogP contribution < -0.4 is 5.48 Å². The first-order valence-electron chi connectivity index (χ1n) is 3.34. The smallest absolute Gasteiger partial charge is 0.269 e. The van der Waals surface area contributed by atoms with Crippen LogP contribution in [-0.2, 0) is 6.54 Å². The van der Waals surface area contributed by atoms with Crippen molar-refractivity contribution in [3.8, 4) is 0 Å². The molecule has 0 saturated heterocycles. The summed E-state index contributed by atoms with van der Waals surface area (Å²) in [6, 6.07) is 5.96. The lowest BCUT2D eigenvalue weighted by Gasteiger charge is -1.96. The highest BCUT2D eigenvalue weighted by atomic mass is 16.6. The van der Waals surface area contributed by atoms with Gasteiger partial charge in [0.05, 0.1) is 4.92 Å². The van der Waals surface area contributed by atoms with Crippen LogP contribution in [0.1, 0.15) is 5.56 Å². The predicted octanol–water partition coefficient (Wildman–Crippen LogP) is 1.07. The minimum atomic E-state index is -0.462. The van der Waals surface area contributed by atoms with Gasteiger partial charge in [-0.15, -0.1) is 0 Å². The van der Waals surface area contributed by atoms with Crippen molar-refractivity contribution in [1.82, 2.24) is 5.48 Å². The van der Waals surface area contributed by atoms with E-state index in [-0.39, 0.29) is 12.2 Å². The Hall–Kier alpha value is -1.46. The number of nitrogens with one attached hydrogen (secondary N) is 1. The summed E-state index contributed by atoms with van der Waals surface area (Å²) < 4.78 is 0. The van der Waals surface area contributed by atoms with Gasteiger partial charge in [0, 0.05) is 18.7 Å². The predicted molar refractivity (Wildman–Crippen MR) is 41.7 cm³/mol. The third-order valence-corrected chi connectivity index (χ3v) is 1.43. The standard InChI is InChI=1S/C7H8N2O3/c10-8-5-6-1-3-7(4-2-6)9(11)12/h1-4,8,10H,5H2. The zero-order valence-corrected chi connectivity index (χ0v) is 6.23. The molecule has 0 heterocycles. The first kappa shape index (κ1) is 8.63.